The summed E-state index contributed by atoms with van der Waals surface area (Å²) >= 11 is 0. The Morgan fingerprint density at radius 2 is 1.91 bits per heavy atom. The zero-order valence-corrected chi connectivity index (χ0v) is 12.5. The highest BCUT2D eigenvalue weighted by Gasteiger charge is 2.30. The van der Waals surface area contributed by atoms with E-state index in [9.17, 15) is 14.0 Å². The molecule has 3 rings (SSSR count). The number of nitrogens with zero attached hydrogens (tertiary/aromatic N) is 1. The molecule has 4 nitrogen and oxygen atoms in total. The molecule has 1 heterocycles. The Morgan fingerprint density at radius 3 is 2.65 bits per heavy atom. The van der Waals surface area contributed by atoms with Gasteiger partial charge in [-0.15, -0.1) is 0 Å². The lowest BCUT2D eigenvalue weighted by atomic mass is 10.0. The first kappa shape index (κ1) is 15.2. The minimum atomic E-state index is -0.584. The number of hydrogen-bond acceptors (Lipinski definition) is 2. The average molecular weight is 312 g/mol. The van der Waals surface area contributed by atoms with Gasteiger partial charge in [-0.2, -0.15) is 0 Å². The number of para-hydroxylation sites is 1. The van der Waals surface area contributed by atoms with E-state index in [1.54, 1.807) is 4.90 Å². The lowest BCUT2D eigenvalue weighted by Crippen LogP contribution is -2.52. The molecule has 1 fully saturated rings. The van der Waals surface area contributed by atoms with Gasteiger partial charge >= 0.3 is 0 Å². The van der Waals surface area contributed by atoms with E-state index in [-0.39, 0.29) is 11.5 Å². The highest BCUT2D eigenvalue weighted by atomic mass is 19.1. The molecule has 1 atom stereocenters. The van der Waals surface area contributed by atoms with Crippen molar-refractivity contribution in [3.8, 4) is 0 Å². The van der Waals surface area contributed by atoms with E-state index in [1.807, 2.05) is 30.3 Å². The molecule has 0 aromatic heterocycles. The van der Waals surface area contributed by atoms with Crippen LogP contribution in [0.1, 0.15) is 23.2 Å². The lowest BCUT2D eigenvalue weighted by Gasteiger charge is -2.32. The quantitative estimate of drug-likeness (QED) is 0.947. The maximum Gasteiger partial charge on any atom is 0.252 e. The van der Waals surface area contributed by atoms with Crippen LogP contribution in [0.4, 0.5) is 10.1 Å². The van der Waals surface area contributed by atoms with Crippen molar-refractivity contribution in [1.29, 1.82) is 0 Å². The van der Waals surface area contributed by atoms with Crippen molar-refractivity contribution in [3.05, 3.63) is 66.0 Å². The second kappa shape index (κ2) is 6.60. The van der Waals surface area contributed by atoms with Gasteiger partial charge in [0.2, 0.25) is 5.91 Å². The fourth-order valence-electron chi connectivity index (χ4n) is 2.74. The van der Waals surface area contributed by atoms with Crippen LogP contribution in [0.5, 0.6) is 0 Å². The fourth-order valence-corrected chi connectivity index (χ4v) is 2.74. The fraction of sp³-hybridized carbons (Fsp3) is 0.222. The maximum atomic E-state index is 13.2. The molecule has 1 aliphatic rings. The minimum absolute atomic E-state index is 0.132. The van der Waals surface area contributed by atoms with Gasteiger partial charge in [-0.1, -0.05) is 24.3 Å². The van der Waals surface area contributed by atoms with Crippen molar-refractivity contribution < 1.29 is 14.0 Å². The van der Waals surface area contributed by atoms with Crippen LogP contribution in [0.3, 0.4) is 0 Å². The second-order valence-corrected chi connectivity index (χ2v) is 5.50. The predicted molar refractivity (Wildman–Crippen MR) is 85.7 cm³/mol. The van der Waals surface area contributed by atoms with E-state index in [2.05, 4.69) is 5.32 Å². The van der Waals surface area contributed by atoms with Gasteiger partial charge < -0.3 is 10.2 Å². The highest BCUT2D eigenvalue weighted by molar-refractivity contribution is 6.02. The van der Waals surface area contributed by atoms with Gasteiger partial charge in [-0.3, -0.25) is 9.59 Å². The summed E-state index contributed by atoms with van der Waals surface area (Å²) in [6.45, 7) is 0.634. The number of halogens is 1. The molecule has 1 saturated heterocycles. The first-order valence-electron chi connectivity index (χ1n) is 7.58. The van der Waals surface area contributed by atoms with Crippen LogP contribution in [0.2, 0.25) is 0 Å². The second-order valence-electron chi connectivity index (χ2n) is 5.50. The van der Waals surface area contributed by atoms with Crippen LogP contribution in [0.15, 0.2) is 54.6 Å². The van der Waals surface area contributed by atoms with Crippen LogP contribution in [-0.2, 0) is 4.79 Å². The third-order valence-corrected chi connectivity index (χ3v) is 3.90. The van der Waals surface area contributed by atoms with Crippen LogP contribution in [0.25, 0.3) is 0 Å². The van der Waals surface area contributed by atoms with Gasteiger partial charge in [-0.25, -0.2) is 4.39 Å². The summed E-state index contributed by atoms with van der Waals surface area (Å²) in [5.41, 5.74) is 1.04. The van der Waals surface area contributed by atoms with Crippen LogP contribution in [-0.4, -0.2) is 24.4 Å². The summed E-state index contributed by atoms with van der Waals surface area (Å²) in [4.78, 5) is 26.5. The molecule has 23 heavy (non-hydrogen) atoms. The zero-order chi connectivity index (χ0) is 16.2. The van der Waals surface area contributed by atoms with E-state index < -0.39 is 17.8 Å². The largest absolute Gasteiger partial charge is 0.340 e. The number of piperidine rings is 1. The van der Waals surface area contributed by atoms with Crippen LogP contribution < -0.4 is 10.2 Å². The minimum Gasteiger partial charge on any atom is -0.340 e. The molecule has 0 aliphatic carbocycles. The Bertz CT molecular complexity index is 718. The normalized spacial score (nSPS) is 17.9. The summed E-state index contributed by atoms with van der Waals surface area (Å²) in [6.07, 6.45) is 1.39. The van der Waals surface area contributed by atoms with Gasteiger partial charge in [0.25, 0.3) is 5.91 Å². The van der Waals surface area contributed by atoms with E-state index in [4.69, 9.17) is 0 Å². The molecule has 0 radical (unpaired) electrons. The van der Waals surface area contributed by atoms with Crippen molar-refractivity contribution in [3.63, 3.8) is 0 Å². The summed E-state index contributed by atoms with van der Waals surface area (Å²) < 4.78 is 13.2. The number of anilines is 1. The van der Waals surface area contributed by atoms with Gasteiger partial charge in [0, 0.05) is 17.8 Å². The Labute approximate surface area is 133 Å². The van der Waals surface area contributed by atoms with E-state index >= 15 is 0 Å². The van der Waals surface area contributed by atoms with Gasteiger partial charge in [0.05, 0.1) is 0 Å². The number of carbonyl (C=O) groups excluding carboxylic acids is 2. The Kier molecular flexibility index (Phi) is 4.37. The van der Waals surface area contributed by atoms with Crippen molar-refractivity contribution >= 4 is 17.5 Å². The third-order valence-electron chi connectivity index (χ3n) is 3.90. The maximum absolute atomic E-state index is 13.2. The smallest absolute Gasteiger partial charge is 0.252 e. The lowest BCUT2D eigenvalue weighted by molar-refractivity contribution is -0.121. The van der Waals surface area contributed by atoms with Gasteiger partial charge in [0.1, 0.15) is 11.9 Å². The van der Waals surface area contributed by atoms with Crippen molar-refractivity contribution in [2.45, 2.75) is 18.9 Å². The molecule has 2 aromatic rings. The Morgan fingerprint density at radius 1 is 1.13 bits per heavy atom. The standard InChI is InChI=1S/C18H17FN2O2/c19-14-7-4-6-13(12-14)17(22)20-16-10-5-11-21(18(16)23)15-8-2-1-3-9-15/h1-4,6-9,12,16H,5,10-11H2,(H,20,22). The first-order chi connectivity index (χ1) is 11.1. The summed E-state index contributed by atoms with van der Waals surface area (Å²) in [5.74, 6) is -1.04. The van der Waals surface area contributed by atoms with Crippen LogP contribution in [0, 0.1) is 5.82 Å². The van der Waals surface area contributed by atoms with Crippen molar-refractivity contribution in [1.82, 2.24) is 5.32 Å². The number of benzene rings is 2. The molecule has 2 amide bonds. The van der Waals surface area contributed by atoms with E-state index in [0.717, 1.165) is 18.2 Å². The molecule has 1 unspecified atom stereocenters. The molecule has 118 valence electrons. The Hall–Kier alpha value is -2.69. The topological polar surface area (TPSA) is 49.4 Å². The molecule has 5 heteroatoms. The zero-order valence-electron chi connectivity index (χ0n) is 12.5. The Balaban J connectivity index is 1.73. The third kappa shape index (κ3) is 3.39. The number of hydrogen-bond donors (Lipinski definition) is 1. The molecular formula is C18H17FN2O2. The number of carbonyl (C=O) groups is 2. The summed E-state index contributed by atoms with van der Waals surface area (Å²) in [5, 5.41) is 2.72. The summed E-state index contributed by atoms with van der Waals surface area (Å²) in [7, 11) is 0. The molecular weight excluding hydrogens is 295 g/mol. The van der Waals surface area contributed by atoms with Gasteiger partial charge in [0.15, 0.2) is 0 Å². The molecule has 2 aromatic carbocycles. The van der Waals surface area contributed by atoms with E-state index in [1.165, 1.54) is 18.2 Å². The molecule has 0 spiro atoms. The average Bonchev–Trinajstić information content (AvgIpc) is 2.57. The molecule has 0 bridgehead atoms. The SMILES string of the molecule is O=C(NC1CCCN(c2ccccc2)C1=O)c1cccc(F)c1. The van der Waals surface area contributed by atoms with Gasteiger partial charge in [-0.05, 0) is 43.2 Å². The van der Waals surface area contributed by atoms with Crippen molar-refractivity contribution in [2.24, 2.45) is 0 Å². The molecule has 1 N–H and O–H groups in total. The first-order valence-corrected chi connectivity index (χ1v) is 7.58. The molecule has 1 aliphatic heterocycles. The van der Waals surface area contributed by atoms with Crippen molar-refractivity contribution in [2.75, 3.05) is 11.4 Å². The molecule has 0 saturated carbocycles. The monoisotopic (exact) mass is 312 g/mol. The van der Waals surface area contributed by atoms with Crippen LogP contribution >= 0.6 is 0 Å². The number of rotatable bonds is 3. The number of nitrogens with one attached hydrogen (secondary N) is 1. The predicted octanol–water partition coefficient (Wildman–Crippen LogP) is 2.75. The highest BCUT2D eigenvalue weighted by Crippen LogP contribution is 2.21. The van der Waals surface area contributed by atoms with E-state index in [0.29, 0.717) is 13.0 Å². The summed E-state index contributed by atoms with van der Waals surface area (Å²) in [6, 6.07) is 14.2. The number of amides is 2.